The second-order valence-corrected chi connectivity index (χ2v) is 9.92. The number of likely N-dealkylation sites (tertiary alicyclic amines) is 1. The zero-order valence-corrected chi connectivity index (χ0v) is 20.0. The van der Waals surface area contributed by atoms with E-state index in [1.54, 1.807) is 0 Å². The van der Waals surface area contributed by atoms with Crippen LogP contribution in [-0.4, -0.2) is 50.8 Å². The number of aromatic nitrogens is 4. The van der Waals surface area contributed by atoms with E-state index in [4.69, 9.17) is 4.98 Å². The second kappa shape index (κ2) is 10.2. The van der Waals surface area contributed by atoms with Gasteiger partial charge in [-0.15, -0.1) is 0 Å². The minimum absolute atomic E-state index is 0.449. The number of piperidine rings is 1. The minimum atomic E-state index is 0.449. The van der Waals surface area contributed by atoms with E-state index in [0.29, 0.717) is 18.0 Å². The van der Waals surface area contributed by atoms with Crippen molar-refractivity contribution in [2.24, 2.45) is 5.92 Å². The van der Waals surface area contributed by atoms with Crippen LogP contribution in [0.25, 0.3) is 11.0 Å². The van der Waals surface area contributed by atoms with Gasteiger partial charge in [-0.25, -0.2) is 9.67 Å². The Balaban J connectivity index is 1.21. The molecule has 0 radical (unpaired) electrons. The largest absolute Gasteiger partial charge is 0.324 e. The number of fused-ring (bicyclic) bond motifs is 1. The molecule has 176 valence electrons. The summed E-state index contributed by atoms with van der Waals surface area (Å²) in [7, 11) is 2.20. The zero-order valence-electron chi connectivity index (χ0n) is 20.0. The molecule has 2 aliphatic rings. The molecule has 33 heavy (non-hydrogen) atoms. The fraction of sp³-hybridized carbons (Fsp3) is 0.577. The Morgan fingerprint density at radius 1 is 0.970 bits per heavy atom. The highest BCUT2D eigenvalue weighted by Gasteiger charge is 2.23. The van der Waals surface area contributed by atoms with E-state index < -0.39 is 0 Å². The van der Waals surface area contributed by atoms with Crippen LogP contribution in [0.5, 0.6) is 0 Å². The van der Waals surface area contributed by atoms with Crippen LogP contribution in [-0.2, 0) is 6.54 Å². The highest BCUT2D eigenvalue weighted by atomic mass is 15.3. The van der Waals surface area contributed by atoms with Crippen LogP contribution in [0.1, 0.15) is 63.5 Å². The Kier molecular flexibility index (Phi) is 6.88. The third-order valence-electron chi connectivity index (χ3n) is 7.60. The fourth-order valence-corrected chi connectivity index (χ4v) is 5.27. The molecule has 0 amide bonds. The lowest BCUT2D eigenvalue weighted by molar-refractivity contribution is 0.234. The zero-order chi connectivity index (χ0) is 22.6. The molecule has 7 heteroatoms. The maximum absolute atomic E-state index is 4.83. The maximum atomic E-state index is 4.83. The van der Waals surface area contributed by atoms with Crippen molar-refractivity contribution in [2.45, 2.75) is 70.5 Å². The summed E-state index contributed by atoms with van der Waals surface area (Å²) in [5, 5.41) is 12.8. The molecule has 1 aliphatic carbocycles. The molecule has 0 unspecified atom stereocenters. The first kappa shape index (κ1) is 22.3. The number of hydrogen-bond acceptors (Lipinski definition) is 6. The topological polar surface area (TPSA) is 70.9 Å². The quantitative estimate of drug-likeness (QED) is 0.537. The molecular formula is C26H37N7. The maximum Gasteiger partial charge on any atom is 0.229 e. The Bertz CT molecular complexity index is 1030. The lowest BCUT2D eigenvalue weighted by Crippen LogP contribution is -2.40. The molecule has 1 aromatic carbocycles. The Morgan fingerprint density at radius 3 is 2.45 bits per heavy atom. The Labute approximate surface area is 197 Å². The SMILES string of the molecule is CCC1CCC(n2ncc3cnc(Nc4ccc(CNC5CCN(C)CC5)cc4)nc32)CC1. The molecule has 5 rings (SSSR count). The predicted octanol–water partition coefficient (Wildman–Crippen LogP) is 4.90. The molecule has 1 saturated carbocycles. The number of nitrogens with zero attached hydrogens (tertiary/aromatic N) is 5. The van der Waals surface area contributed by atoms with Crippen LogP contribution >= 0.6 is 0 Å². The van der Waals surface area contributed by atoms with Crippen molar-refractivity contribution in [2.75, 3.05) is 25.5 Å². The average Bonchev–Trinajstić information content (AvgIpc) is 3.28. The Morgan fingerprint density at radius 2 is 1.73 bits per heavy atom. The van der Waals surface area contributed by atoms with Gasteiger partial charge in [-0.2, -0.15) is 10.1 Å². The molecule has 2 fully saturated rings. The van der Waals surface area contributed by atoms with E-state index in [0.717, 1.165) is 29.2 Å². The van der Waals surface area contributed by atoms with Gasteiger partial charge in [0.2, 0.25) is 5.95 Å². The monoisotopic (exact) mass is 447 g/mol. The molecule has 0 atom stereocenters. The van der Waals surface area contributed by atoms with Gasteiger partial charge in [0.1, 0.15) is 0 Å². The van der Waals surface area contributed by atoms with Crippen molar-refractivity contribution in [3.05, 3.63) is 42.2 Å². The standard InChI is InChI=1S/C26H37N7/c1-3-19-6-10-24(11-7-19)33-25-21(18-29-33)17-28-26(31-25)30-23-8-4-20(5-9-23)16-27-22-12-14-32(2)15-13-22/h4-5,8-9,17-19,22,24,27H,3,6-7,10-16H2,1-2H3,(H,28,30,31). The van der Waals surface area contributed by atoms with E-state index in [2.05, 4.69) is 68.5 Å². The van der Waals surface area contributed by atoms with Crippen LogP contribution in [0.2, 0.25) is 0 Å². The van der Waals surface area contributed by atoms with Gasteiger partial charge in [0.05, 0.1) is 17.6 Å². The number of benzene rings is 1. The smallest absolute Gasteiger partial charge is 0.229 e. The average molecular weight is 448 g/mol. The number of rotatable bonds is 7. The van der Waals surface area contributed by atoms with Crippen LogP contribution < -0.4 is 10.6 Å². The summed E-state index contributed by atoms with van der Waals surface area (Å²) in [6.45, 7) is 5.59. The highest BCUT2D eigenvalue weighted by Crippen LogP contribution is 2.34. The van der Waals surface area contributed by atoms with Gasteiger partial charge in [0, 0.05) is 24.5 Å². The van der Waals surface area contributed by atoms with Crippen molar-refractivity contribution in [1.29, 1.82) is 0 Å². The van der Waals surface area contributed by atoms with E-state index in [1.807, 2.05) is 12.4 Å². The van der Waals surface area contributed by atoms with Gasteiger partial charge in [-0.05, 0) is 82.3 Å². The molecule has 3 aromatic rings. The van der Waals surface area contributed by atoms with Crippen molar-refractivity contribution < 1.29 is 0 Å². The van der Waals surface area contributed by atoms with E-state index in [9.17, 15) is 0 Å². The molecule has 0 spiro atoms. The van der Waals surface area contributed by atoms with Crippen molar-refractivity contribution in [1.82, 2.24) is 30.0 Å². The van der Waals surface area contributed by atoms with Crippen molar-refractivity contribution in [3.8, 4) is 0 Å². The molecule has 2 aromatic heterocycles. The van der Waals surface area contributed by atoms with Gasteiger partial charge < -0.3 is 15.5 Å². The molecule has 0 bridgehead atoms. The summed E-state index contributed by atoms with van der Waals surface area (Å²) in [6.07, 6.45) is 12.5. The first-order chi connectivity index (χ1) is 16.2. The summed E-state index contributed by atoms with van der Waals surface area (Å²) in [4.78, 5) is 11.8. The van der Waals surface area contributed by atoms with Gasteiger partial charge in [-0.3, -0.25) is 0 Å². The van der Waals surface area contributed by atoms with Crippen LogP contribution in [0.4, 0.5) is 11.6 Å². The van der Waals surface area contributed by atoms with Crippen molar-refractivity contribution in [3.63, 3.8) is 0 Å². The second-order valence-electron chi connectivity index (χ2n) is 9.92. The number of hydrogen-bond donors (Lipinski definition) is 2. The van der Waals surface area contributed by atoms with E-state index in [1.165, 1.54) is 63.6 Å². The molecule has 3 heterocycles. The number of anilines is 2. The third kappa shape index (κ3) is 5.36. The number of nitrogens with one attached hydrogen (secondary N) is 2. The summed E-state index contributed by atoms with van der Waals surface area (Å²) >= 11 is 0. The van der Waals surface area contributed by atoms with Gasteiger partial charge in [0.25, 0.3) is 0 Å². The first-order valence-corrected chi connectivity index (χ1v) is 12.7. The normalized spacial score (nSPS) is 22.6. The lowest BCUT2D eigenvalue weighted by atomic mass is 9.84. The summed E-state index contributed by atoms with van der Waals surface area (Å²) < 4.78 is 2.13. The van der Waals surface area contributed by atoms with Gasteiger partial charge >= 0.3 is 0 Å². The first-order valence-electron chi connectivity index (χ1n) is 12.7. The third-order valence-corrected chi connectivity index (χ3v) is 7.60. The van der Waals surface area contributed by atoms with Crippen LogP contribution in [0, 0.1) is 5.92 Å². The fourth-order valence-electron chi connectivity index (χ4n) is 5.27. The molecule has 1 aliphatic heterocycles. The van der Waals surface area contributed by atoms with E-state index >= 15 is 0 Å². The Hall–Kier alpha value is -2.51. The summed E-state index contributed by atoms with van der Waals surface area (Å²) in [5.74, 6) is 1.50. The lowest BCUT2D eigenvalue weighted by Gasteiger charge is -2.29. The minimum Gasteiger partial charge on any atom is -0.324 e. The molecule has 2 N–H and O–H groups in total. The molecule has 1 saturated heterocycles. The molecular weight excluding hydrogens is 410 g/mol. The molecule has 7 nitrogen and oxygen atoms in total. The van der Waals surface area contributed by atoms with Crippen LogP contribution in [0.15, 0.2) is 36.7 Å². The van der Waals surface area contributed by atoms with Crippen LogP contribution in [0.3, 0.4) is 0 Å². The summed E-state index contributed by atoms with van der Waals surface area (Å²) in [5.41, 5.74) is 3.25. The highest BCUT2D eigenvalue weighted by molar-refractivity contribution is 5.75. The van der Waals surface area contributed by atoms with Crippen molar-refractivity contribution >= 4 is 22.7 Å². The van der Waals surface area contributed by atoms with E-state index in [-0.39, 0.29) is 0 Å². The van der Waals surface area contributed by atoms with Gasteiger partial charge in [-0.1, -0.05) is 25.5 Å². The summed E-state index contributed by atoms with van der Waals surface area (Å²) in [6, 6.07) is 9.66. The predicted molar refractivity (Wildman–Crippen MR) is 134 cm³/mol. The van der Waals surface area contributed by atoms with Gasteiger partial charge in [0.15, 0.2) is 5.65 Å².